The van der Waals surface area contributed by atoms with Crippen molar-refractivity contribution < 1.29 is 9.18 Å². The van der Waals surface area contributed by atoms with E-state index in [1.54, 1.807) is 44.2 Å². The van der Waals surface area contributed by atoms with Gasteiger partial charge in [-0.15, -0.1) is 0 Å². The van der Waals surface area contributed by atoms with Crippen LogP contribution < -0.4 is 16.6 Å². The van der Waals surface area contributed by atoms with Crippen molar-refractivity contribution in [1.82, 2.24) is 19.7 Å². The van der Waals surface area contributed by atoms with E-state index >= 15 is 0 Å². The van der Waals surface area contributed by atoms with Crippen LogP contribution in [0.4, 0.5) is 4.39 Å². The Bertz CT molecular complexity index is 1430. The first-order valence-corrected chi connectivity index (χ1v) is 10.8. The number of aromatic nitrogens is 3. The highest BCUT2D eigenvalue weighted by atomic mass is 19.1. The molecule has 0 aliphatic carbocycles. The minimum Gasteiger partial charge on any atom is -0.344 e. The van der Waals surface area contributed by atoms with E-state index in [-0.39, 0.29) is 5.69 Å². The molecule has 0 bridgehead atoms. The van der Waals surface area contributed by atoms with Gasteiger partial charge in [-0.25, -0.2) is 13.8 Å². The number of carbonyl (C=O) groups is 1. The molecule has 2 unspecified atom stereocenters. The third kappa shape index (κ3) is 4.43. The predicted molar refractivity (Wildman–Crippen MR) is 127 cm³/mol. The molecule has 1 aromatic heterocycles. The lowest BCUT2D eigenvalue weighted by Crippen LogP contribution is -2.47. The first kappa shape index (κ1) is 22.8. The van der Waals surface area contributed by atoms with Crippen molar-refractivity contribution in [3.63, 3.8) is 0 Å². The highest BCUT2D eigenvalue weighted by Gasteiger charge is 2.25. The largest absolute Gasteiger partial charge is 0.352 e. The predicted octanol–water partition coefficient (Wildman–Crippen LogP) is 3.63. The van der Waals surface area contributed by atoms with Gasteiger partial charge in [-0.1, -0.05) is 72.8 Å². The molecule has 0 aliphatic rings. The molecule has 2 atom stereocenters. The van der Waals surface area contributed by atoms with Gasteiger partial charge in [0, 0.05) is 0 Å². The number of nitrogens with one attached hydrogen (secondary N) is 1. The zero-order valence-electron chi connectivity index (χ0n) is 18.7. The summed E-state index contributed by atoms with van der Waals surface area (Å²) in [4.78, 5) is 39.9. The highest BCUT2D eigenvalue weighted by Crippen LogP contribution is 2.16. The third-order valence-corrected chi connectivity index (χ3v) is 5.62. The molecular formula is C26H23FN4O3. The van der Waals surface area contributed by atoms with Crippen LogP contribution in [0.5, 0.6) is 0 Å². The Hall–Kier alpha value is -4.33. The first-order chi connectivity index (χ1) is 16.4. The molecule has 0 fully saturated rings. The zero-order chi connectivity index (χ0) is 24.2. The van der Waals surface area contributed by atoms with Gasteiger partial charge in [0.05, 0.1) is 12.1 Å². The van der Waals surface area contributed by atoms with Crippen LogP contribution in [0.15, 0.2) is 94.5 Å². The Morgan fingerprint density at radius 1 is 0.853 bits per heavy atom. The number of rotatable bonds is 6. The number of hydrogen-bond acceptors (Lipinski definition) is 4. The van der Waals surface area contributed by atoms with E-state index in [2.05, 4.69) is 10.4 Å². The van der Waals surface area contributed by atoms with Crippen molar-refractivity contribution in [2.45, 2.75) is 25.9 Å². The van der Waals surface area contributed by atoms with Crippen LogP contribution in [0.1, 0.15) is 47.5 Å². The summed E-state index contributed by atoms with van der Waals surface area (Å²) in [6.45, 7) is 3.43. The van der Waals surface area contributed by atoms with E-state index in [9.17, 15) is 18.8 Å². The van der Waals surface area contributed by atoms with Crippen molar-refractivity contribution in [2.75, 3.05) is 0 Å². The topological polar surface area (TPSA) is 86.0 Å². The van der Waals surface area contributed by atoms with Crippen molar-refractivity contribution in [3.05, 3.63) is 128 Å². The Balaban J connectivity index is 1.87. The average Bonchev–Trinajstić information content (AvgIpc) is 2.85. The molecule has 0 spiro atoms. The van der Waals surface area contributed by atoms with E-state index in [4.69, 9.17) is 0 Å². The molecule has 1 amide bonds. The molecule has 0 aliphatic heterocycles. The maximum atomic E-state index is 14.6. The van der Waals surface area contributed by atoms with Gasteiger partial charge in [0.1, 0.15) is 11.5 Å². The van der Waals surface area contributed by atoms with Crippen molar-refractivity contribution in [1.29, 1.82) is 0 Å². The van der Waals surface area contributed by atoms with Crippen molar-refractivity contribution in [3.8, 4) is 5.69 Å². The van der Waals surface area contributed by atoms with Crippen LogP contribution in [-0.4, -0.2) is 20.3 Å². The molecule has 4 rings (SSSR count). The second-order valence-corrected chi connectivity index (χ2v) is 7.86. The number of nitrogens with zero attached hydrogens (tertiary/aromatic N) is 3. The monoisotopic (exact) mass is 458 g/mol. The van der Waals surface area contributed by atoms with Crippen LogP contribution in [0.2, 0.25) is 0 Å². The smallest absolute Gasteiger partial charge is 0.344 e. The van der Waals surface area contributed by atoms with Gasteiger partial charge in [0.15, 0.2) is 0 Å². The number of benzene rings is 3. The van der Waals surface area contributed by atoms with Crippen LogP contribution in [0.25, 0.3) is 5.69 Å². The molecule has 34 heavy (non-hydrogen) atoms. The quantitative estimate of drug-likeness (QED) is 0.478. The normalized spacial score (nSPS) is 12.7. The Morgan fingerprint density at radius 3 is 2.03 bits per heavy atom. The fourth-order valence-electron chi connectivity index (χ4n) is 3.72. The average molecular weight is 458 g/mol. The molecule has 4 aromatic rings. The lowest BCUT2D eigenvalue weighted by Gasteiger charge is -2.19. The van der Waals surface area contributed by atoms with Crippen molar-refractivity contribution >= 4 is 5.91 Å². The Kier molecular flexibility index (Phi) is 6.49. The maximum absolute atomic E-state index is 14.6. The number of halogens is 1. The number of amides is 1. The summed E-state index contributed by atoms with van der Waals surface area (Å²) in [6.07, 6.45) is 0. The van der Waals surface area contributed by atoms with E-state index in [0.717, 1.165) is 14.8 Å². The molecule has 3 aromatic carbocycles. The number of carbonyl (C=O) groups excluding carboxylic acids is 1. The lowest BCUT2D eigenvalue weighted by molar-refractivity contribution is 0.0929. The van der Waals surface area contributed by atoms with Gasteiger partial charge >= 0.3 is 5.69 Å². The van der Waals surface area contributed by atoms with Crippen molar-refractivity contribution in [2.24, 2.45) is 0 Å². The molecule has 0 saturated heterocycles. The second kappa shape index (κ2) is 9.66. The van der Waals surface area contributed by atoms with Gasteiger partial charge < -0.3 is 5.32 Å². The highest BCUT2D eigenvalue weighted by molar-refractivity contribution is 5.92. The van der Waals surface area contributed by atoms with Crippen LogP contribution in [-0.2, 0) is 0 Å². The molecule has 0 saturated carbocycles. The molecule has 7 nitrogen and oxygen atoms in total. The van der Waals surface area contributed by atoms with E-state index in [1.165, 1.54) is 18.2 Å². The van der Waals surface area contributed by atoms with Gasteiger partial charge in [0.25, 0.3) is 11.5 Å². The van der Waals surface area contributed by atoms with E-state index < -0.39 is 40.8 Å². The standard InChI is InChI=1S/C26H23FN4O3/c1-17(19-11-5-3-6-12-19)28-24(32)23-25(33)30(18(2)20-13-7-4-8-14-20)26(34)31(29-23)22-16-10-9-15-21(22)27/h3-18H,1-2H3,(H,28,32). The molecule has 172 valence electrons. The molecule has 8 heteroatoms. The second-order valence-electron chi connectivity index (χ2n) is 7.86. The summed E-state index contributed by atoms with van der Waals surface area (Å²) < 4.78 is 16.3. The Labute approximate surface area is 195 Å². The summed E-state index contributed by atoms with van der Waals surface area (Å²) in [5.41, 5.74) is -0.862. The van der Waals surface area contributed by atoms with Crippen LogP contribution in [0.3, 0.4) is 0 Å². The molecule has 0 radical (unpaired) electrons. The summed E-state index contributed by atoms with van der Waals surface area (Å²) >= 11 is 0. The summed E-state index contributed by atoms with van der Waals surface area (Å²) in [7, 11) is 0. The Morgan fingerprint density at radius 2 is 1.41 bits per heavy atom. The van der Waals surface area contributed by atoms with E-state index in [0.29, 0.717) is 5.56 Å². The minimum absolute atomic E-state index is 0.160. The number of hydrogen-bond donors (Lipinski definition) is 1. The van der Waals surface area contributed by atoms with Crippen LogP contribution in [0, 0.1) is 5.82 Å². The SMILES string of the molecule is CC(NC(=O)c1nn(-c2ccccc2F)c(=O)n(C(C)c2ccccc2)c1=O)c1ccccc1. The fraction of sp³-hybridized carbons (Fsp3) is 0.154. The maximum Gasteiger partial charge on any atom is 0.352 e. The van der Waals surface area contributed by atoms with Crippen LogP contribution >= 0.6 is 0 Å². The zero-order valence-corrected chi connectivity index (χ0v) is 18.7. The minimum atomic E-state index is -0.855. The number of para-hydroxylation sites is 1. The molecular weight excluding hydrogens is 435 g/mol. The van der Waals surface area contributed by atoms with E-state index in [1.807, 2.05) is 36.4 Å². The summed E-state index contributed by atoms with van der Waals surface area (Å²) in [5, 5.41) is 6.75. The van der Waals surface area contributed by atoms with Gasteiger partial charge in [-0.3, -0.25) is 9.59 Å². The fourth-order valence-corrected chi connectivity index (χ4v) is 3.72. The van der Waals surface area contributed by atoms with Gasteiger partial charge in [0.2, 0.25) is 5.69 Å². The molecule has 1 N–H and O–H groups in total. The third-order valence-electron chi connectivity index (χ3n) is 5.62. The first-order valence-electron chi connectivity index (χ1n) is 10.8. The van der Waals surface area contributed by atoms with Gasteiger partial charge in [-0.2, -0.15) is 9.78 Å². The summed E-state index contributed by atoms with van der Waals surface area (Å²) in [5.74, 6) is -1.47. The van der Waals surface area contributed by atoms with Gasteiger partial charge in [-0.05, 0) is 37.1 Å². The lowest BCUT2D eigenvalue weighted by atomic mass is 10.1. The summed E-state index contributed by atoms with van der Waals surface area (Å²) in [6, 6.07) is 22.5. The molecule has 1 heterocycles.